The van der Waals surface area contributed by atoms with Gasteiger partial charge in [0.15, 0.2) is 0 Å². The average Bonchev–Trinajstić information content (AvgIpc) is 2.34. The smallest absolute Gasteiger partial charge is 0.314 e. The molecule has 0 aromatic heterocycles. The Morgan fingerprint density at radius 1 is 1.35 bits per heavy atom. The van der Waals surface area contributed by atoms with Gasteiger partial charge in [-0.05, 0) is 18.3 Å². The molecular weight excluding hydrogens is 276 g/mol. The molecule has 0 saturated carbocycles. The highest BCUT2D eigenvalue weighted by Gasteiger charge is 2.15. The number of terminal acetylenes is 1. The van der Waals surface area contributed by atoms with Crippen LogP contribution >= 0.6 is 11.8 Å². The van der Waals surface area contributed by atoms with Gasteiger partial charge in [0.1, 0.15) is 0 Å². The zero-order valence-electron chi connectivity index (χ0n) is 12.1. The van der Waals surface area contributed by atoms with Gasteiger partial charge < -0.3 is 15.7 Å². The van der Waals surface area contributed by atoms with Gasteiger partial charge in [0.25, 0.3) is 0 Å². The van der Waals surface area contributed by atoms with Crippen LogP contribution in [0.5, 0.6) is 0 Å². The number of thioether (sulfide) groups is 1. The van der Waals surface area contributed by atoms with Gasteiger partial charge in [-0.1, -0.05) is 19.8 Å². The molecule has 0 aromatic carbocycles. The minimum atomic E-state index is -0.830. The summed E-state index contributed by atoms with van der Waals surface area (Å²) in [6.45, 7) is 5.01. The average molecular weight is 300 g/mol. The lowest BCUT2D eigenvalue weighted by Crippen LogP contribution is -2.39. The molecule has 6 heteroatoms. The van der Waals surface area contributed by atoms with E-state index >= 15 is 0 Å². The van der Waals surface area contributed by atoms with Crippen LogP contribution in [0.3, 0.4) is 0 Å². The summed E-state index contributed by atoms with van der Waals surface area (Å²) in [7, 11) is 0. The van der Waals surface area contributed by atoms with E-state index in [2.05, 4.69) is 16.6 Å². The second-order valence-electron chi connectivity index (χ2n) is 4.99. The number of amides is 2. The Hall–Kier alpha value is -1.35. The Morgan fingerprint density at radius 2 is 2.05 bits per heavy atom. The first kappa shape index (κ1) is 18.7. The molecule has 20 heavy (non-hydrogen) atoms. The molecule has 0 saturated heterocycles. The molecule has 3 N–H and O–H groups in total. The summed E-state index contributed by atoms with van der Waals surface area (Å²) < 4.78 is 0. The van der Waals surface area contributed by atoms with Gasteiger partial charge in [0, 0.05) is 25.3 Å². The lowest BCUT2D eigenvalue weighted by atomic mass is 9.94. The maximum absolute atomic E-state index is 11.5. The van der Waals surface area contributed by atoms with Crippen LogP contribution in [0.4, 0.5) is 4.79 Å². The van der Waals surface area contributed by atoms with E-state index in [1.807, 2.05) is 13.8 Å². The molecular formula is C14H24N2O3S. The van der Waals surface area contributed by atoms with Crippen LogP contribution in [0, 0.1) is 24.2 Å². The van der Waals surface area contributed by atoms with Gasteiger partial charge in [0.2, 0.25) is 0 Å². The number of rotatable bonds is 10. The molecule has 0 bridgehead atoms. The van der Waals surface area contributed by atoms with Crippen LogP contribution in [-0.4, -0.2) is 41.7 Å². The predicted molar refractivity (Wildman–Crippen MR) is 82.8 cm³/mol. The summed E-state index contributed by atoms with van der Waals surface area (Å²) in [6, 6.07) is -0.259. The van der Waals surface area contributed by atoms with Crippen molar-refractivity contribution in [1.82, 2.24) is 10.6 Å². The Bertz CT molecular complexity index is 340. The highest BCUT2D eigenvalue weighted by atomic mass is 32.2. The van der Waals surface area contributed by atoms with Gasteiger partial charge in [-0.3, -0.25) is 4.79 Å². The summed E-state index contributed by atoms with van der Waals surface area (Å²) in [5.74, 6) is 3.46. The first-order valence-corrected chi connectivity index (χ1v) is 7.85. The number of carboxylic acid groups (broad SMARTS) is 1. The number of carboxylic acids is 1. The fourth-order valence-corrected chi connectivity index (χ4v) is 2.33. The lowest BCUT2D eigenvalue weighted by molar-refractivity contribution is -0.138. The molecule has 2 amide bonds. The van der Waals surface area contributed by atoms with Crippen LogP contribution in [0.25, 0.3) is 0 Å². The molecule has 0 aliphatic carbocycles. The van der Waals surface area contributed by atoms with E-state index in [1.165, 1.54) is 0 Å². The second-order valence-corrected chi connectivity index (χ2v) is 6.09. The fraction of sp³-hybridized carbons (Fsp3) is 0.714. The van der Waals surface area contributed by atoms with Crippen molar-refractivity contribution in [2.24, 2.45) is 11.8 Å². The Labute approximate surface area is 125 Å². The van der Waals surface area contributed by atoms with Crippen molar-refractivity contribution in [2.75, 3.05) is 24.6 Å². The van der Waals surface area contributed by atoms with Crippen LogP contribution in [0.2, 0.25) is 0 Å². The van der Waals surface area contributed by atoms with Crippen molar-refractivity contribution in [3.8, 4) is 12.3 Å². The highest BCUT2D eigenvalue weighted by molar-refractivity contribution is 7.99. The van der Waals surface area contributed by atoms with Gasteiger partial charge >= 0.3 is 12.0 Å². The summed E-state index contributed by atoms with van der Waals surface area (Å²) in [5.41, 5.74) is 0. The summed E-state index contributed by atoms with van der Waals surface area (Å²) in [4.78, 5) is 22.3. The molecule has 0 rings (SSSR count). The van der Waals surface area contributed by atoms with E-state index in [1.54, 1.807) is 11.8 Å². The third kappa shape index (κ3) is 11.7. The van der Waals surface area contributed by atoms with Crippen LogP contribution in [-0.2, 0) is 4.79 Å². The standard InChI is InChI=1S/C14H24N2O3S/c1-4-6-20-7-5-15-14(19)16-10-12(8-11(2)3)9-13(17)18/h1,11-12H,5-10H2,2-3H3,(H,17,18)(H2,15,16,19)/t12-/m0/s1. The van der Waals surface area contributed by atoms with Crippen molar-refractivity contribution in [2.45, 2.75) is 26.7 Å². The predicted octanol–water partition coefficient (Wildman–Crippen LogP) is 1.79. The van der Waals surface area contributed by atoms with Crippen LogP contribution in [0.1, 0.15) is 26.7 Å². The minimum absolute atomic E-state index is 0.0333. The molecule has 0 radical (unpaired) electrons. The van der Waals surface area contributed by atoms with Crippen LogP contribution in [0.15, 0.2) is 0 Å². The lowest BCUT2D eigenvalue weighted by Gasteiger charge is -2.18. The number of urea groups is 1. The Balaban J connectivity index is 3.86. The van der Waals surface area contributed by atoms with Gasteiger partial charge in [-0.15, -0.1) is 18.2 Å². The zero-order chi connectivity index (χ0) is 15.4. The van der Waals surface area contributed by atoms with Crippen LogP contribution < -0.4 is 10.6 Å². The second kappa shape index (κ2) is 11.5. The van der Waals surface area contributed by atoms with Crippen molar-refractivity contribution in [3.05, 3.63) is 0 Å². The number of carbonyl (C=O) groups excluding carboxylic acids is 1. The number of hydrogen-bond donors (Lipinski definition) is 3. The van der Waals surface area contributed by atoms with Crippen molar-refractivity contribution < 1.29 is 14.7 Å². The molecule has 114 valence electrons. The van der Waals surface area contributed by atoms with E-state index in [0.717, 1.165) is 12.2 Å². The largest absolute Gasteiger partial charge is 0.481 e. The Morgan fingerprint density at radius 3 is 2.60 bits per heavy atom. The SMILES string of the molecule is C#CCSCCNC(=O)NC[C@H](CC(=O)O)CC(C)C. The highest BCUT2D eigenvalue weighted by Crippen LogP contribution is 2.14. The van der Waals surface area contributed by atoms with Gasteiger partial charge in [-0.2, -0.15) is 0 Å². The molecule has 0 fully saturated rings. The van der Waals surface area contributed by atoms with E-state index in [4.69, 9.17) is 11.5 Å². The molecule has 0 aliphatic heterocycles. The molecule has 0 unspecified atom stereocenters. The number of aliphatic carboxylic acids is 1. The minimum Gasteiger partial charge on any atom is -0.481 e. The maximum Gasteiger partial charge on any atom is 0.314 e. The molecule has 0 heterocycles. The third-order valence-corrected chi connectivity index (χ3v) is 3.40. The number of carbonyl (C=O) groups is 2. The number of nitrogens with one attached hydrogen (secondary N) is 2. The molecule has 5 nitrogen and oxygen atoms in total. The van der Waals surface area contributed by atoms with E-state index in [-0.39, 0.29) is 18.4 Å². The van der Waals surface area contributed by atoms with E-state index in [0.29, 0.717) is 24.8 Å². The Kier molecular flexibility index (Phi) is 10.7. The first-order valence-electron chi connectivity index (χ1n) is 6.70. The normalized spacial score (nSPS) is 11.7. The molecule has 0 spiro atoms. The topological polar surface area (TPSA) is 78.4 Å². The van der Waals surface area contributed by atoms with Gasteiger partial charge in [-0.25, -0.2) is 4.79 Å². The zero-order valence-corrected chi connectivity index (χ0v) is 13.0. The fourth-order valence-electron chi connectivity index (χ4n) is 1.82. The third-order valence-electron chi connectivity index (χ3n) is 2.54. The van der Waals surface area contributed by atoms with Crippen molar-refractivity contribution in [3.63, 3.8) is 0 Å². The number of hydrogen-bond acceptors (Lipinski definition) is 3. The summed E-state index contributed by atoms with van der Waals surface area (Å²) in [6.07, 6.45) is 5.97. The summed E-state index contributed by atoms with van der Waals surface area (Å²) in [5, 5.41) is 14.3. The van der Waals surface area contributed by atoms with Crippen molar-refractivity contribution >= 4 is 23.8 Å². The van der Waals surface area contributed by atoms with E-state index in [9.17, 15) is 9.59 Å². The van der Waals surface area contributed by atoms with E-state index < -0.39 is 5.97 Å². The first-order chi connectivity index (χ1) is 9.45. The van der Waals surface area contributed by atoms with Crippen molar-refractivity contribution in [1.29, 1.82) is 0 Å². The molecule has 0 aromatic rings. The quantitative estimate of drug-likeness (QED) is 0.424. The monoisotopic (exact) mass is 300 g/mol. The molecule has 1 atom stereocenters. The molecule has 0 aliphatic rings. The van der Waals surface area contributed by atoms with Gasteiger partial charge in [0.05, 0.1) is 5.75 Å². The maximum atomic E-state index is 11.5. The summed E-state index contributed by atoms with van der Waals surface area (Å²) >= 11 is 1.58.